The van der Waals surface area contributed by atoms with E-state index in [1.165, 1.54) is 0 Å². The van der Waals surface area contributed by atoms with Gasteiger partial charge in [-0.2, -0.15) is 4.98 Å². The van der Waals surface area contributed by atoms with Gasteiger partial charge < -0.3 is 14.4 Å². The number of phenols is 1. The van der Waals surface area contributed by atoms with Crippen LogP contribution in [0.25, 0.3) is 11.5 Å². The molecule has 17 heavy (non-hydrogen) atoms. The van der Waals surface area contributed by atoms with Crippen LogP contribution >= 0.6 is 0 Å². The molecule has 5 nitrogen and oxygen atoms in total. The lowest BCUT2D eigenvalue weighted by Gasteiger charge is -2.00. The van der Waals surface area contributed by atoms with Gasteiger partial charge in [0.15, 0.2) is 5.82 Å². The Bertz CT molecular complexity index is 508. The smallest absolute Gasteiger partial charge is 0.258 e. The number of benzene rings is 1. The minimum Gasteiger partial charge on any atom is -0.508 e. The number of ether oxygens (including phenoxy) is 1. The molecule has 1 heterocycles. The van der Waals surface area contributed by atoms with Crippen molar-refractivity contribution < 1.29 is 14.4 Å². The van der Waals surface area contributed by atoms with Gasteiger partial charge in [-0.15, -0.1) is 0 Å². The van der Waals surface area contributed by atoms with Crippen molar-refractivity contribution >= 4 is 0 Å². The minimum atomic E-state index is 0.223. The lowest BCUT2D eigenvalue weighted by molar-refractivity contribution is 0.126. The monoisotopic (exact) mass is 234 g/mol. The molecule has 0 aliphatic carbocycles. The lowest BCUT2D eigenvalue weighted by atomic mass is 10.1. The number of aryl methyl sites for hydroxylation is 1. The number of nitrogens with zero attached hydrogens (tertiary/aromatic N) is 2. The summed E-state index contributed by atoms with van der Waals surface area (Å²) in [6.07, 6.45) is 0. The average molecular weight is 234 g/mol. The summed E-state index contributed by atoms with van der Waals surface area (Å²) in [5.41, 5.74) is 1.70. The van der Waals surface area contributed by atoms with Crippen LogP contribution < -0.4 is 0 Å². The highest BCUT2D eigenvalue weighted by Crippen LogP contribution is 2.24. The fraction of sp³-hybridized carbons (Fsp3) is 0.333. The second-order valence-electron chi connectivity index (χ2n) is 3.65. The van der Waals surface area contributed by atoms with Crippen LogP contribution in [-0.4, -0.2) is 21.9 Å². The molecule has 0 radical (unpaired) electrons. The van der Waals surface area contributed by atoms with Crippen molar-refractivity contribution in [3.8, 4) is 17.2 Å². The first-order valence-corrected chi connectivity index (χ1v) is 5.41. The number of aromatic hydroxyl groups is 1. The SMILES string of the molecule is CCOCc1noc(-c2ccc(O)cc2C)n1. The molecule has 1 aromatic carbocycles. The highest BCUT2D eigenvalue weighted by Gasteiger charge is 2.11. The Morgan fingerprint density at radius 3 is 2.94 bits per heavy atom. The predicted octanol–water partition coefficient (Wildman–Crippen LogP) is 2.29. The molecule has 0 atom stereocenters. The fourth-order valence-electron chi connectivity index (χ4n) is 1.50. The number of phenolic OH excluding ortho intramolecular Hbond substituents is 1. The Labute approximate surface area is 99.0 Å². The summed E-state index contributed by atoms with van der Waals surface area (Å²) in [4.78, 5) is 4.22. The van der Waals surface area contributed by atoms with Crippen molar-refractivity contribution in [2.24, 2.45) is 0 Å². The van der Waals surface area contributed by atoms with Crippen LogP contribution in [0, 0.1) is 6.92 Å². The molecule has 0 unspecified atom stereocenters. The Balaban J connectivity index is 2.24. The third kappa shape index (κ3) is 2.62. The Hall–Kier alpha value is -1.88. The molecule has 0 aliphatic heterocycles. The van der Waals surface area contributed by atoms with Gasteiger partial charge in [0, 0.05) is 12.2 Å². The van der Waals surface area contributed by atoms with Crippen molar-refractivity contribution in [2.75, 3.05) is 6.61 Å². The fourth-order valence-corrected chi connectivity index (χ4v) is 1.50. The zero-order valence-electron chi connectivity index (χ0n) is 9.80. The van der Waals surface area contributed by atoms with Crippen LogP contribution in [-0.2, 0) is 11.3 Å². The van der Waals surface area contributed by atoms with Crippen LogP contribution in [0.1, 0.15) is 18.3 Å². The number of aromatic nitrogens is 2. The van der Waals surface area contributed by atoms with Gasteiger partial charge in [0.1, 0.15) is 12.4 Å². The molecule has 0 bridgehead atoms. The van der Waals surface area contributed by atoms with Crippen LogP contribution in [0.3, 0.4) is 0 Å². The number of hydrogen-bond donors (Lipinski definition) is 1. The molecule has 2 aromatic rings. The minimum absolute atomic E-state index is 0.223. The third-order valence-corrected chi connectivity index (χ3v) is 2.34. The first-order chi connectivity index (χ1) is 8.20. The summed E-state index contributed by atoms with van der Waals surface area (Å²) in [7, 11) is 0. The molecule has 0 saturated heterocycles. The van der Waals surface area contributed by atoms with E-state index in [1.807, 2.05) is 13.8 Å². The van der Waals surface area contributed by atoms with Crippen molar-refractivity contribution in [2.45, 2.75) is 20.5 Å². The van der Waals surface area contributed by atoms with Gasteiger partial charge in [-0.25, -0.2) is 0 Å². The maximum Gasteiger partial charge on any atom is 0.258 e. The van der Waals surface area contributed by atoms with Crippen LogP contribution in [0.15, 0.2) is 22.7 Å². The van der Waals surface area contributed by atoms with Crippen LogP contribution in [0.5, 0.6) is 5.75 Å². The quantitative estimate of drug-likeness (QED) is 0.878. The summed E-state index contributed by atoms with van der Waals surface area (Å²) in [5, 5.41) is 13.1. The Kier molecular flexibility index (Phi) is 3.39. The molecule has 0 amide bonds. The molecular weight excluding hydrogens is 220 g/mol. The molecule has 90 valence electrons. The highest BCUT2D eigenvalue weighted by atomic mass is 16.5. The van der Waals surface area contributed by atoms with Gasteiger partial charge in [-0.05, 0) is 37.6 Å². The molecular formula is C12H14N2O3. The average Bonchev–Trinajstić information content (AvgIpc) is 2.75. The van der Waals surface area contributed by atoms with E-state index in [0.717, 1.165) is 11.1 Å². The molecule has 0 saturated carbocycles. The second-order valence-corrected chi connectivity index (χ2v) is 3.65. The lowest BCUT2D eigenvalue weighted by Crippen LogP contribution is -1.93. The maximum atomic E-state index is 9.32. The van der Waals surface area contributed by atoms with E-state index in [0.29, 0.717) is 24.9 Å². The van der Waals surface area contributed by atoms with Gasteiger partial charge in [-0.1, -0.05) is 5.16 Å². The summed E-state index contributed by atoms with van der Waals surface area (Å²) < 4.78 is 10.3. The van der Waals surface area contributed by atoms with Gasteiger partial charge in [-0.3, -0.25) is 0 Å². The predicted molar refractivity (Wildman–Crippen MR) is 61.5 cm³/mol. The number of hydrogen-bond acceptors (Lipinski definition) is 5. The molecule has 1 aromatic heterocycles. The first-order valence-electron chi connectivity index (χ1n) is 5.41. The standard InChI is InChI=1S/C12H14N2O3/c1-3-16-7-11-13-12(17-14-11)10-5-4-9(15)6-8(10)2/h4-6,15H,3,7H2,1-2H3. The van der Waals surface area contributed by atoms with Crippen LogP contribution in [0.4, 0.5) is 0 Å². The van der Waals surface area contributed by atoms with E-state index in [-0.39, 0.29) is 5.75 Å². The van der Waals surface area contributed by atoms with E-state index >= 15 is 0 Å². The second kappa shape index (κ2) is 4.97. The van der Waals surface area contributed by atoms with E-state index in [2.05, 4.69) is 10.1 Å². The molecule has 2 rings (SSSR count). The topological polar surface area (TPSA) is 68.4 Å². The van der Waals surface area contributed by atoms with E-state index < -0.39 is 0 Å². The van der Waals surface area contributed by atoms with Gasteiger partial charge in [0.05, 0.1) is 0 Å². The van der Waals surface area contributed by atoms with E-state index in [4.69, 9.17) is 9.26 Å². The van der Waals surface area contributed by atoms with Crippen molar-refractivity contribution in [1.29, 1.82) is 0 Å². The van der Waals surface area contributed by atoms with Gasteiger partial charge in [0.2, 0.25) is 0 Å². The van der Waals surface area contributed by atoms with Gasteiger partial charge >= 0.3 is 0 Å². The van der Waals surface area contributed by atoms with Crippen molar-refractivity contribution in [3.63, 3.8) is 0 Å². The molecule has 0 spiro atoms. The van der Waals surface area contributed by atoms with E-state index in [9.17, 15) is 5.11 Å². The Morgan fingerprint density at radius 2 is 2.24 bits per heavy atom. The van der Waals surface area contributed by atoms with Crippen LogP contribution in [0.2, 0.25) is 0 Å². The summed E-state index contributed by atoms with van der Waals surface area (Å²) >= 11 is 0. The molecule has 5 heteroatoms. The first kappa shape index (κ1) is 11.6. The van der Waals surface area contributed by atoms with E-state index in [1.54, 1.807) is 18.2 Å². The third-order valence-electron chi connectivity index (χ3n) is 2.34. The zero-order valence-corrected chi connectivity index (χ0v) is 9.80. The summed E-state index contributed by atoms with van der Waals surface area (Å²) in [5.74, 6) is 1.19. The summed E-state index contributed by atoms with van der Waals surface area (Å²) in [6.45, 7) is 4.74. The maximum absolute atomic E-state index is 9.32. The Morgan fingerprint density at radius 1 is 1.41 bits per heavy atom. The summed E-state index contributed by atoms with van der Waals surface area (Å²) in [6, 6.07) is 5.00. The molecule has 0 aliphatic rings. The van der Waals surface area contributed by atoms with Gasteiger partial charge in [0.25, 0.3) is 5.89 Å². The largest absolute Gasteiger partial charge is 0.508 e. The van der Waals surface area contributed by atoms with Crippen molar-refractivity contribution in [1.82, 2.24) is 10.1 Å². The molecule has 1 N–H and O–H groups in total. The zero-order chi connectivity index (χ0) is 12.3. The number of rotatable bonds is 4. The molecule has 0 fully saturated rings. The normalized spacial score (nSPS) is 10.7. The highest BCUT2D eigenvalue weighted by molar-refractivity contribution is 5.59. The van der Waals surface area contributed by atoms with Crippen molar-refractivity contribution in [3.05, 3.63) is 29.6 Å².